The molecule has 4 N–H and O–H groups in total. The topological polar surface area (TPSA) is 151 Å². The van der Waals surface area contributed by atoms with Crippen molar-refractivity contribution >= 4 is 29.4 Å². The maximum absolute atomic E-state index is 13.0. The number of rotatable bonds is 8. The summed E-state index contributed by atoms with van der Waals surface area (Å²) >= 11 is 0. The van der Waals surface area contributed by atoms with Gasteiger partial charge in [0.2, 0.25) is 5.91 Å². The summed E-state index contributed by atoms with van der Waals surface area (Å²) in [6.45, 7) is 5.10. The van der Waals surface area contributed by atoms with Crippen LogP contribution in [0, 0.1) is 5.92 Å². The second-order valence-corrected chi connectivity index (χ2v) is 7.93. The Morgan fingerprint density at radius 2 is 1.90 bits per heavy atom. The maximum atomic E-state index is 13.0. The first-order valence-corrected chi connectivity index (χ1v) is 10.2. The molecule has 1 aromatic rings. The summed E-state index contributed by atoms with van der Waals surface area (Å²) in [5.74, 6) is -1.14. The van der Waals surface area contributed by atoms with Gasteiger partial charge in [-0.2, -0.15) is 0 Å². The highest BCUT2D eigenvalue weighted by Gasteiger charge is 2.56. The van der Waals surface area contributed by atoms with Gasteiger partial charge in [-0.25, -0.2) is 9.59 Å². The van der Waals surface area contributed by atoms with Crippen molar-refractivity contribution in [2.45, 2.75) is 58.5 Å². The smallest absolute Gasteiger partial charge is 0.330 e. The quantitative estimate of drug-likeness (QED) is 0.503. The highest BCUT2D eigenvalue weighted by molar-refractivity contribution is 6.10. The van der Waals surface area contributed by atoms with Crippen molar-refractivity contribution in [3.05, 3.63) is 20.8 Å². The predicted octanol–water partition coefficient (Wildman–Crippen LogP) is -0.00770. The van der Waals surface area contributed by atoms with E-state index in [-0.39, 0.29) is 24.0 Å². The second-order valence-electron chi connectivity index (χ2n) is 7.93. The van der Waals surface area contributed by atoms with Gasteiger partial charge in [-0.1, -0.05) is 13.3 Å². The van der Waals surface area contributed by atoms with Gasteiger partial charge in [0.05, 0.1) is 0 Å². The zero-order valence-electron chi connectivity index (χ0n) is 17.5. The molecule has 2 aliphatic rings. The molecule has 1 atom stereocenters. The molecule has 1 aliphatic heterocycles. The van der Waals surface area contributed by atoms with Crippen molar-refractivity contribution in [3.8, 4) is 0 Å². The number of anilines is 2. The van der Waals surface area contributed by atoms with Crippen LogP contribution in [0.25, 0.3) is 0 Å². The van der Waals surface area contributed by atoms with Crippen molar-refractivity contribution in [1.82, 2.24) is 19.8 Å². The summed E-state index contributed by atoms with van der Waals surface area (Å²) in [4.78, 5) is 66.9. The molecule has 3 rings (SSSR count). The molecule has 0 radical (unpaired) electrons. The fourth-order valence-corrected chi connectivity index (χ4v) is 3.85. The molecule has 4 amide bonds. The molecular weight excluding hydrogens is 392 g/mol. The van der Waals surface area contributed by atoms with E-state index in [4.69, 9.17) is 5.73 Å². The molecule has 2 fully saturated rings. The van der Waals surface area contributed by atoms with Gasteiger partial charge in [0, 0.05) is 13.1 Å². The number of nitrogens with one attached hydrogen (secondary N) is 2. The van der Waals surface area contributed by atoms with Gasteiger partial charge in [-0.3, -0.25) is 28.8 Å². The van der Waals surface area contributed by atoms with Gasteiger partial charge >= 0.3 is 11.7 Å². The number of imide groups is 1. The van der Waals surface area contributed by atoms with E-state index in [1.807, 2.05) is 6.92 Å². The Labute approximate surface area is 173 Å². The Hall–Kier alpha value is -3.11. The zero-order chi connectivity index (χ0) is 22.2. The highest BCUT2D eigenvalue weighted by atomic mass is 16.2. The summed E-state index contributed by atoms with van der Waals surface area (Å²) in [5, 5.41) is 2.69. The highest BCUT2D eigenvalue weighted by Crippen LogP contribution is 2.42. The van der Waals surface area contributed by atoms with Gasteiger partial charge in [0.15, 0.2) is 5.69 Å². The first kappa shape index (κ1) is 21.6. The number of hydrogen-bond donors (Lipinski definition) is 3. The molecule has 0 aromatic carbocycles. The summed E-state index contributed by atoms with van der Waals surface area (Å²) < 4.78 is 1.22. The SMILES string of the molecule is CCCCn1c(N)c(N(CC)C(=O)CN2C(=O)N[C@](C)(C3CC3)C2=O)c(=O)[nH]c1=O. The van der Waals surface area contributed by atoms with Gasteiger partial charge in [-0.15, -0.1) is 0 Å². The lowest BCUT2D eigenvalue weighted by Gasteiger charge is -2.25. The van der Waals surface area contributed by atoms with Crippen LogP contribution in [-0.4, -0.2) is 50.9 Å². The van der Waals surface area contributed by atoms with Crippen LogP contribution in [0.15, 0.2) is 9.59 Å². The lowest BCUT2D eigenvalue weighted by atomic mass is 9.96. The second kappa shape index (κ2) is 7.96. The van der Waals surface area contributed by atoms with E-state index in [2.05, 4.69) is 10.3 Å². The molecule has 2 heterocycles. The zero-order valence-corrected chi connectivity index (χ0v) is 17.5. The van der Waals surface area contributed by atoms with Crippen LogP contribution in [-0.2, 0) is 16.1 Å². The Morgan fingerprint density at radius 3 is 2.47 bits per heavy atom. The predicted molar refractivity (Wildman–Crippen MR) is 110 cm³/mol. The minimum Gasteiger partial charge on any atom is -0.383 e. The lowest BCUT2D eigenvalue weighted by molar-refractivity contribution is -0.134. The number of nitrogens with two attached hydrogens (primary N) is 1. The molecular formula is C19H28N6O5. The Morgan fingerprint density at radius 1 is 1.23 bits per heavy atom. The van der Waals surface area contributed by atoms with Crippen molar-refractivity contribution in [1.29, 1.82) is 0 Å². The molecule has 1 saturated carbocycles. The molecule has 0 spiro atoms. The molecule has 1 aliphatic carbocycles. The molecule has 11 heteroatoms. The first-order chi connectivity index (χ1) is 14.2. The van der Waals surface area contributed by atoms with Crippen LogP contribution in [0.3, 0.4) is 0 Å². The van der Waals surface area contributed by atoms with E-state index < -0.39 is 41.2 Å². The Kier molecular flexibility index (Phi) is 5.73. The fraction of sp³-hybridized carbons (Fsp3) is 0.632. The normalized spacial score (nSPS) is 21.1. The van der Waals surface area contributed by atoms with Crippen molar-refractivity contribution in [2.24, 2.45) is 5.92 Å². The third-order valence-electron chi connectivity index (χ3n) is 5.82. The van der Waals surface area contributed by atoms with Gasteiger partial charge in [0.25, 0.3) is 11.5 Å². The van der Waals surface area contributed by atoms with E-state index in [0.717, 1.165) is 29.1 Å². The number of unbranched alkanes of at least 4 members (excludes halogenated alkanes) is 1. The molecule has 1 aromatic heterocycles. The van der Waals surface area contributed by atoms with Gasteiger partial charge < -0.3 is 16.0 Å². The minimum absolute atomic E-state index is 0.0666. The van der Waals surface area contributed by atoms with E-state index >= 15 is 0 Å². The number of amides is 4. The molecule has 30 heavy (non-hydrogen) atoms. The van der Waals surface area contributed by atoms with Crippen molar-refractivity contribution < 1.29 is 14.4 Å². The fourth-order valence-electron chi connectivity index (χ4n) is 3.85. The molecule has 0 bridgehead atoms. The molecule has 1 saturated heterocycles. The third kappa shape index (κ3) is 3.59. The standard InChI is InChI=1S/C19H28N6O5/c1-4-6-9-24-14(20)13(15(27)21-17(24)29)23(5-2)12(26)10-25-16(28)19(3,11-7-8-11)22-18(25)30/h11H,4-10,20H2,1-3H3,(H,22,30)(H,21,27,29)/t19-/m1/s1. The average Bonchev–Trinajstić information content (AvgIpc) is 3.51. The number of nitrogens with zero attached hydrogens (tertiary/aromatic N) is 3. The number of H-pyrrole nitrogens is 1. The van der Waals surface area contributed by atoms with Gasteiger partial charge in [-0.05, 0) is 39.0 Å². The monoisotopic (exact) mass is 420 g/mol. The number of aromatic amines is 1. The summed E-state index contributed by atoms with van der Waals surface area (Å²) in [6, 6.07) is -0.631. The van der Waals surface area contributed by atoms with Crippen LogP contribution < -0.4 is 27.2 Å². The van der Waals surface area contributed by atoms with E-state index in [9.17, 15) is 24.0 Å². The number of nitrogen functional groups attached to an aromatic ring is 1. The molecule has 164 valence electrons. The summed E-state index contributed by atoms with van der Waals surface area (Å²) in [7, 11) is 0. The number of carbonyl (C=O) groups excluding carboxylic acids is 3. The average molecular weight is 420 g/mol. The number of hydrogen-bond acceptors (Lipinski definition) is 6. The number of aromatic nitrogens is 2. The van der Waals surface area contributed by atoms with Crippen molar-refractivity contribution in [2.75, 3.05) is 23.7 Å². The Bertz CT molecular complexity index is 994. The van der Waals surface area contributed by atoms with Crippen LogP contribution in [0.5, 0.6) is 0 Å². The van der Waals surface area contributed by atoms with Crippen LogP contribution in [0.1, 0.15) is 46.5 Å². The Balaban J connectivity index is 1.88. The molecule has 11 nitrogen and oxygen atoms in total. The summed E-state index contributed by atoms with van der Waals surface area (Å²) in [5.41, 5.74) is 3.49. The number of likely N-dealkylation sites (N-methyl/N-ethyl adjacent to an activating group) is 1. The van der Waals surface area contributed by atoms with E-state index in [0.29, 0.717) is 13.0 Å². The minimum atomic E-state index is -1.00. The van der Waals surface area contributed by atoms with Crippen LogP contribution >= 0.6 is 0 Å². The lowest BCUT2D eigenvalue weighted by Crippen LogP contribution is -2.48. The molecule has 0 unspecified atom stereocenters. The van der Waals surface area contributed by atoms with Gasteiger partial charge in [0.1, 0.15) is 17.9 Å². The van der Waals surface area contributed by atoms with E-state index in [1.54, 1.807) is 13.8 Å². The van der Waals surface area contributed by atoms with E-state index in [1.165, 1.54) is 4.57 Å². The van der Waals surface area contributed by atoms with Crippen molar-refractivity contribution in [3.63, 3.8) is 0 Å². The maximum Gasteiger partial charge on any atom is 0.330 e. The van der Waals surface area contributed by atoms with Crippen LogP contribution in [0.4, 0.5) is 16.3 Å². The number of carbonyl (C=O) groups is 3. The summed E-state index contributed by atoms with van der Waals surface area (Å²) in [6.07, 6.45) is 3.16. The number of urea groups is 1. The first-order valence-electron chi connectivity index (χ1n) is 10.2. The van der Waals surface area contributed by atoms with Crippen LogP contribution in [0.2, 0.25) is 0 Å². The third-order valence-corrected chi connectivity index (χ3v) is 5.82. The largest absolute Gasteiger partial charge is 0.383 e.